The zero-order chi connectivity index (χ0) is 12.0. The van der Waals surface area contributed by atoms with Gasteiger partial charge in [-0.3, -0.25) is 9.78 Å². The fourth-order valence-corrected chi connectivity index (χ4v) is 1.59. The summed E-state index contributed by atoms with van der Waals surface area (Å²) in [6, 6.07) is 1.83. The van der Waals surface area contributed by atoms with Gasteiger partial charge in [0.05, 0.1) is 11.3 Å². The Kier molecular flexibility index (Phi) is 4.76. The van der Waals surface area contributed by atoms with Gasteiger partial charge in [-0.15, -0.1) is 0 Å². The molecule has 1 heterocycles. The smallest absolute Gasteiger partial charge is 0.257 e. The number of rotatable bonds is 5. The van der Waals surface area contributed by atoms with Crippen molar-refractivity contribution in [2.24, 2.45) is 0 Å². The molecule has 0 bridgehead atoms. The summed E-state index contributed by atoms with van der Waals surface area (Å²) in [4.78, 5) is 18.0. The van der Waals surface area contributed by atoms with Crippen LogP contribution in [0.1, 0.15) is 31.1 Å². The fraction of sp³-hybridized carbons (Fsp3) is 0.500. The lowest BCUT2D eigenvalue weighted by molar-refractivity contribution is 0.0773. The third-order valence-corrected chi connectivity index (χ3v) is 2.47. The largest absolute Gasteiger partial charge is 0.385 e. The predicted molar refractivity (Wildman–Crippen MR) is 65.7 cm³/mol. The van der Waals surface area contributed by atoms with E-state index in [0.717, 1.165) is 25.3 Å². The van der Waals surface area contributed by atoms with E-state index in [-0.39, 0.29) is 5.91 Å². The Morgan fingerprint density at radius 1 is 1.38 bits per heavy atom. The van der Waals surface area contributed by atoms with Crippen LogP contribution in [0.3, 0.4) is 0 Å². The number of aromatic nitrogens is 1. The summed E-state index contributed by atoms with van der Waals surface area (Å²) in [5, 5.41) is 3.17. The van der Waals surface area contributed by atoms with Gasteiger partial charge in [-0.25, -0.2) is 0 Å². The maximum atomic E-state index is 12.1. The van der Waals surface area contributed by atoms with Gasteiger partial charge in [0.1, 0.15) is 0 Å². The van der Waals surface area contributed by atoms with E-state index in [2.05, 4.69) is 10.3 Å². The number of nitrogens with one attached hydrogen (secondary N) is 1. The van der Waals surface area contributed by atoms with Crippen LogP contribution in [0.25, 0.3) is 0 Å². The summed E-state index contributed by atoms with van der Waals surface area (Å²) in [7, 11) is 0. The van der Waals surface area contributed by atoms with Gasteiger partial charge >= 0.3 is 0 Å². The maximum absolute atomic E-state index is 12.1. The van der Waals surface area contributed by atoms with Crippen molar-refractivity contribution in [1.29, 1.82) is 0 Å². The Morgan fingerprint density at radius 2 is 2.06 bits per heavy atom. The predicted octanol–water partition coefficient (Wildman–Crippen LogP) is 2.00. The number of amides is 1. The summed E-state index contributed by atoms with van der Waals surface area (Å²) >= 11 is 0. The van der Waals surface area contributed by atoms with Crippen LogP contribution in [-0.2, 0) is 0 Å². The van der Waals surface area contributed by atoms with E-state index >= 15 is 0 Å². The number of carbonyl (C=O) groups excluding carboxylic acids is 1. The number of pyridine rings is 1. The van der Waals surface area contributed by atoms with Crippen molar-refractivity contribution < 1.29 is 4.79 Å². The zero-order valence-corrected chi connectivity index (χ0v) is 10.2. The summed E-state index contributed by atoms with van der Waals surface area (Å²) in [5.74, 6) is 0.0362. The first-order chi connectivity index (χ1) is 7.74. The van der Waals surface area contributed by atoms with E-state index in [4.69, 9.17) is 0 Å². The first kappa shape index (κ1) is 12.5. The molecular weight excluding hydrogens is 202 g/mol. The second-order valence-electron chi connectivity index (χ2n) is 3.43. The zero-order valence-electron chi connectivity index (χ0n) is 10.2. The molecule has 1 N–H and O–H groups in total. The Bertz CT molecular complexity index is 348. The number of carbonyl (C=O) groups is 1. The Balaban J connectivity index is 2.97. The van der Waals surface area contributed by atoms with Crippen LogP contribution in [0.5, 0.6) is 0 Å². The second kappa shape index (κ2) is 6.10. The number of hydrogen-bond acceptors (Lipinski definition) is 3. The minimum Gasteiger partial charge on any atom is -0.385 e. The van der Waals surface area contributed by atoms with Crippen molar-refractivity contribution >= 4 is 11.6 Å². The lowest BCUT2D eigenvalue weighted by atomic mass is 10.2. The van der Waals surface area contributed by atoms with E-state index < -0.39 is 0 Å². The third-order valence-electron chi connectivity index (χ3n) is 2.47. The molecule has 4 nitrogen and oxygen atoms in total. The lowest BCUT2D eigenvalue weighted by Gasteiger charge is -2.20. The molecule has 0 radical (unpaired) electrons. The van der Waals surface area contributed by atoms with Crippen molar-refractivity contribution in [2.45, 2.75) is 20.8 Å². The van der Waals surface area contributed by atoms with Crippen LogP contribution < -0.4 is 5.32 Å². The van der Waals surface area contributed by atoms with Crippen molar-refractivity contribution in [2.75, 3.05) is 25.0 Å². The van der Waals surface area contributed by atoms with Gasteiger partial charge in [-0.2, -0.15) is 0 Å². The molecule has 16 heavy (non-hydrogen) atoms. The van der Waals surface area contributed by atoms with E-state index in [1.807, 2.05) is 26.8 Å². The summed E-state index contributed by atoms with van der Waals surface area (Å²) in [6.45, 7) is 8.19. The molecule has 0 aliphatic carbocycles. The average Bonchev–Trinajstić information content (AvgIpc) is 2.31. The van der Waals surface area contributed by atoms with Crippen molar-refractivity contribution in [3.05, 3.63) is 24.0 Å². The van der Waals surface area contributed by atoms with Gasteiger partial charge in [-0.1, -0.05) is 0 Å². The highest BCUT2D eigenvalue weighted by Gasteiger charge is 2.15. The van der Waals surface area contributed by atoms with Gasteiger partial charge in [0.2, 0.25) is 0 Å². The van der Waals surface area contributed by atoms with Crippen LogP contribution in [-0.4, -0.2) is 35.4 Å². The molecule has 0 fully saturated rings. The molecule has 0 spiro atoms. The normalized spacial score (nSPS) is 9.94. The molecule has 0 atom stereocenters. The number of hydrogen-bond donors (Lipinski definition) is 1. The topological polar surface area (TPSA) is 45.2 Å². The molecule has 4 heteroatoms. The highest BCUT2D eigenvalue weighted by molar-refractivity contribution is 5.99. The molecule has 0 unspecified atom stereocenters. The van der Waals surface area contributed by atoms with Crippen LogP contribution in [0.15, 0.2) is 18.5 Å². The SMILES string of the molecule is CCNc1ccncc1C(=O)N(CC)CC. The minimum absolute atomic E-state index is 0.0362. The Morgan fingerprint density at radius 3 is 2.62 bits per heavy atom. The first-order valence-corrected chi connectivity index (χ1v) is 5.71. The summed E-state index contributed by atoms with van der Waals surface area (Å²) < 4.78 is 0. The molecule has 0 aromatic carbocycles. The molecule has 88 valence electrons. The molecule has 0 saturated heterocycles. The monoisotopic (exact) mass is 221 g/mol. The van der Waals surface area contributed by atoms with Gasteiger partial charge in [0.25, 0.3) is 5.91 Å². The van der Waals surface area contributed by atoms with E-state index in [1.165, 1.54) is 0 Å². The van der Waals surface area contributed by atoms with Gasteiger partial charge in [-0.05, 0) is 26.8 Å². The minimum atomic E-state index is 0.0362. The van der Waals surface area contributed by atoms with Crippen LogP contribution >= 0.6 is 0 Å². The standard InChI is InChI=1S/C12H19N3O/c1-4-14-11-7-8-13-9-10(11)12(16)15(5-2)6-3/h7-9H,4-6H2,1-3H3,(H,13,14). The molecule has 1 aromatic heterocycles. The van der Waals surface area contributed by atoms with Crippen LogP contribution in [0.4, 0.5) is 5.69 Å². The van der Waals surface area contributed by atoms with Crippen molar-refractivity contribution in [3.8, 4) is 0 Å². The quantitative estimate of drug-likeness (QED) is 0.827. The molecule has 1 rings (SSSR count). The molecule has 0 aliphatic heterocycles. The van der Waals surface area contributed by atoms with Crippen LogP contribution in [0, 0.1) is 0 Å². The van der Waals surface area contributed by atoms with E-state index in [1.54, 1.807) is 17.3 Å². The molecule has 1 aromatic rings. The van der Waals surface area contributed by atoms with E-state index in [9.17, 15) is 4.79 Å². The first-order valence-electron chi connectivity index (χ1n) is 5.71. The van der Waals surface area contributed by atoms with Gasteiger partial charge in [0.15, 0.2) is 0 Å². The Labute approximate surface area is 96.7 Å². The number of nitrogens with zero attached hydrogens (tertiary/aromatic N) is 2. The highest BCUT2D eigenvalue weighted by atomic mass is 16.2. The lowest BCUT2D eigenvalue weighted by Crippen LogP contribution is -2.31. The molecule has 0 saturated carbocycles. The van der Waals surface area contributed by atoms with Crippen molar-refractivity contribution in [3.63, 3.8) is 0 Å². The Hall–Kier alpha value is -1.58. The van der Waals surface area contributed by atoms with E-state index in [0.29, 0.717) is 5.56 Å². The summed E-state index contributed by atoms with van der Waals surface area (Å²) in [5.41, 5.74) is 1.50. The number of anilines is 1. The summed E-state index contributed by atoms with van der Waals surface area (Å²) in [6.07, 6.45) is 3.32. The molecular formula is C12H19N3O. The maximum Gasteiger partial charge on any atom is 0.257 e. The van der Waals surface area contributed by atoms with Gasteiger partial charge in [0, 0.05) is 32.0 Å². The molecule has 1 amide bonds. The second-order valence-corrected chi connectivity index (χ2v) is 3.43. The van der Waals surface area contributed by atoms with Crippen molar-refractivity contribution in [1.82, 2.24) is 9.88 Å². The fourth-order valence-electron chi connectivity index (χ4n) is 1.59. The average molecular weight is 221 g/mol. The van der Waals surface area contributed by atoms with Gasteiger partial charge < -0.3 is 10.2 Å². The molecule has 0 aliphatic rings. The highest BCUT2D eigenvalue weighted by Crippen LogP contribution is 2.15. The van der Waals surface area contributed by atoms with Crippen LogP contribution in [0.2, 0.25) is 0 Å². The third kappa shape index (κ3) is 2.72.